The lowest BCUT2D eigenvalue weighted by Gasteiger charge is -2.21. The fraction of sp³-hybridized carbons (Fsp3) is 0.588. The minimum Gasteiger partial charge on any atom is -0.506 e. The minimum atomic E-state index is -3.36. The summed E-state index contributed by atoms with van der Waals surface area (Å²) in [4.78, 5) is 12.4. The number of phenolic OH excluding ortho intramolecular Hbond substituents is 1. The summed E-state index contributed by atoms with van der Waals surface area (Å²) in [6, 6.07) is 4.02. The van der Waals surface area contributed by atoms with Crippen LogP contribution in [0.1, 0.15) is 39.0 Å². The molecular formula is C17H23NO4S. The van der Waals surface area contributed by atoms with Crippen molar-refractivity contribution in [3.8, 4) is 5.75 Å². The number of benzene rings is 1. The third-order valence-electron chi connectivity index (χ3n) is 5.31. The van der Waals surface area contributed by atoms with Gasteiger partial charge in [-0.1, -0.05) is 13.3 Å². The molecule has 1 aromatic rings. The molecule has 23 heavy (non-hydrogen) atoms. The zero-order valence-electron chi connectivity index (χ0n) is 13.3. The molecule has 0 spiro atoms. The van der Waals surface area contributed by atoms with Crippen LogP contribution in [0.5, 0.6) is 5.75 Å². The molecule has 0 radical (unpaired) electrons. The van der Waals surface area contributed by atoms with Gasteiger partial charge in [-0.05, 0) is 55.2 Å². The topological polar surface area (TPSA) is 83.5 Å². The van der Waals surface area contributed by atoms with Crippen molar-refractivity contribution in [2.24, 2.45) is 17.8 Å². The lowest BCUT2D eigenvalue weighted by Crippen LogP contribution is -2.20. The Kier molecular flexibility index (Phi) is 4.36. The summed E-state index contributed by atoms with van der Waals surface area (Å²) in [5.41, 5.74) is 0.174. The van der Waals surface area contributed by atoms with Gasteiger partial charge in [0, 0.05) is 6.42 Å². The Balaban J connectivity index is 1.69. The third-order valence-corrected chi connectivity index (χ3v) is 7.05. The smallest absolute Gasteiger partial charge is 0.224 e. The van der Waals surface area contributed by atoms with Gasteiger partial charge in [0.15, 0.2) is 9.84 Å². The van der Waals surface area contributed by atoms with Crippen LogP contribution in [0.2, 0.25) is 0 Å². The van der Waals surface area contributed by atoms with E-state index in [4.69, 9.17) is 0 Å². The van der Waals surface area contributed by atoms with Crippen LogP contribution in [-0.2, 0) is 14.6 Å². The highest BCUT2D eigenvalue weighted by Gasteiger charge is 2.40. The highest BCUT2D eigenvalue weighted by Crippen LogP contribution is 2.49. The summed E-state index contributed by atoms with van der Waals surface area (Å²) in [6.45, 7) is 1.57. The van der Waals surface area contributed by atoms with Gasteiger partial charge in [0.2, 0.25) is 5.91 Å². The molecule has 3 rings (SSSR count). The fourth-order valence-corrected chi connectivity index (χ4v) is 4.95. The molecule has 2 N–H and O–H groups in total. The van der Waals surface area contributed by atoms with Crippen LogP contribution >= 0.6 is 0 Å². The molecule has 2 saturated carbocycles. The van der Waals surface area contributed by atoms with Gasteiger partial charge in [0.25, 0.3) is 0 Å². The molecule has 0 aliphatic heterocycles. The van der Waals surface area contributed by atoms with E-state index in [0.717, 1.165) is 12.3 Å². The van der Waals surface area contributed by atoms with E-state index in [-0.39, 0.29) is 28.0 Å². The number of amides is 1. The molecule has 0 aromatic heterocycles. The number of sulfone groups is 1. The van der Waals surface area contributed by atoms with Gasteiger partial charge in [-0.2, -0.15) is 0 Å². The number of nitrogens with one attached hydrogen (secondary N) is 1. The Hall–Kier alpha value is -1.56. The molecule has 2 bridgehead atoms. The number of fused-ring (bicyclic) bond motifs is 2. The van der Waals surface area contributed by atoms with Crippen LogP contribution in [0, 0.1) is 17.8 Å². The molecule has 1 aromatic carbocycles. The SMILES string of the molecule is CCS(=O)(=O)c1ccc(O)c(NC(=O)CC2CC3CCC2C3)c1. The van der Waals surface area contributed by atoms with E-state index in [2.05, 4.69) is 5.32 Å². The molecule has 2 aliphatic rings. The van der Waals surface area contributed by atoms with E-state index in [1.54, 1.807) is 6.92 Å². The summed E-state index contributed by atoms with van der Waals surface area (Å²) in [7, 11) is -3.36. The molecule has 0 saturated heterocycles. The average molecular weight is 337 g/mol. The molecule has 2 aliphatic carbocycles. The van der Waals surface area contributed by atoms with Gasteiger partial charge in [-0.15, -0.1) is 0 Å². The lowest BCUT2D eigenvalue weighted by atomic mass is 9.86. The van der Waals surface area contributed by atoms with E-state index >= 15 is 0 Å². The molecule has 2 fully saturated rings. The summed E-state index contributed by atoms with van der Waals surface area (Å²) in [5.74, 6) is 1.59. The average Bonchev–Trinajstić information content (AvgIpc) is 3.12. The second kappa shape index (κ2) is 6.15. The van der Waals surface area contributed by atoms with Crippen molar-refractivity contribution in [2.45, 2.75) is 43.9 Å². The van der Waals surface area contributed by atoms with Crippen molar-refractivity contribution in [1.82, 2.24) is 0 Å². The van der Waals surface area contributed by atoms with Gasteiger partial charge >= 0.3 is 0 Å². The first-order chi connectivity index (χ1) is 10.9. The zero-order chi connectivity index (χ0) is 16.6. The largest absolute Gasteiger partial charge is 0.506 e. The second-order valence-electron chi connectivity index (χ2n) is 6.77. The third kappa shape index (κ3) is 3.37. The van der Waals surface area contributed by atoms with Crippen LogP contribution in [0.15, 0.2) is 23.1 Å². The van der Waals surface area contributed by atoms with Gasteiger partial charge in [-0.25, -0.2) is 8.42 Å². The molecule has 1 amide bonds. The van der Waals surface area contributed by atoms with Crippen LogP contribution in [0.3, 0.4) is 0 Å². The quantitative estimate of drug-likeness (QED) is 0.809. The summed E-state index contributed by atoms with van der Waals surface area (Å²) < 4.78 is 23.8. The van der Waals surface area contributed by atoms with E-state index in [1.165, 1.54) is 37.5 Å². The Morgan fingerprint density at radius 1 is 1.30 bits per heavy atom. The van der Waals surface area contributed by atoms with E-state index in [9.17, 15) is 18.3 Å². The highest BCUT2D eigenvalue weighted by molar-refractivity contribution is 7.91. The normalized spacial score (nSPS) is 26.4. The van der Waals surface area contributed by atoms with Gasteiger partial charge in [0.05, 0.1) is 16.3 Å². The number of rotatable bonds is 5. The Morgan fingerprint density at radius 3 is 2.70 bits per heavy atom. The van der Waals surface area contributed by atoms with Crippen molar-refractivity contribution >= 4 is 21.4 Å². The molecule has 6 heteroatoms. The standard InChI is InChI=1S/C17H23NO4S/c1-2-23(21,22)14-5-6-16(19)15(10-14)18-17(20)9-13-8-11-3-4-12(13)7-11/h5-6,10-13,19H,2-4,7-9H2,1H3,(H,18,20). The number of carbonyl (C=O) groups is 1. The molecule has 126 valence electrons. The van der Waals surface area contributed by atoms with Crippen LogP contribution in [0.25, 0.3) is 0 Å². The van der Waals surface area contributed by atoms with Crippen LogP contribution in [0.4, 0.5) is 5.69 Å². The minimum absolute atomic E-state index is 0.0176. The molecule has 3 atom stereocenters. The lowest BCUT2D eigenvalue weighted by molar-refractivity contribution is -0.117. The number of anilines is 1. The van der Waals surface area contributed by atoms with Crippen molar-refractivity contribution in [3.05, 3.63) is 18.2 Å². The summed E-state index contributed by atoms with van der Waals surface area (Å²) in [5, 5.41) is 12.6. The zero-order valence-corrected chi connectivity index (χ0v) is 14.1. The van der Waals surface area contributed by atoms with Gasteiger partial charge in [-0.3, -0.25) is 4.79 Å². The summed E-state index contributed by atoms with van der Waals surface area (Å²) >= 11 is 0. The number of hydrogen-bond acceptors (Lipinski definition) is 4. The van der Waals surface area contributed by atoms with Crippen LogP contribution < -0.4 is 5.32 Å². The van der Waals surface area contributed by atoms with Crippen LogP contribution in [-0.4, -0.2) is 25.2 Å². The second-order valence-corrected chi connectivity index (χ2v) is 9.05. The molecule has 0 heterocycles. The van der Waals surface area contributed by atoms with E-state index in [1.807, 2.05) is 0 Å². The Bertz CT molecular complexity index is 713. The van der Waals surface area contributed by atoms with E-state index < -0.39 is 9.84 Å². The van der Waals surface area contributed by atoms with Crippen molar-refractivity contribution in [2.75, 3.05) is 11.1 Å². The van der Waals surface area contributed by atoms with Gasteiger partial charge < -0.3 is 10.4 Å². The maximum absolute atomic E-state index is 12.3. The van der Waals surface area contributed by atoms with Crippen molar-refractivity contribution in [1.29, 1.82) is 0 Å². The Morgan fingerprint density at radius 2 is 2.09 bits per heavy atom. The number of aromatic hydroxyl groups is 1. The number of carbonyl (C=O) groups excluding carboxylic acids is 1. The molecule has 5 nitrogen and oxygen atoms in total. The summed E-state index contributed by atoms with van der Waals surface area (Å²) in [6.07, 6.45) is 5.33. The monoisotopic (exact) mass is 337 g/mol. The number of phenols is 1. The Labute approximate surface area is 137 Å². The molecule has 3 unspecified atom stereocenters. The highest BCUT2D eigenvalue weighted by atomic mass is 32.2. The first-order valence-corrected chi connectivity index (χ1v) is 9.90. The maximum atomic E-state index is 12.3. The first kappa shape index (κ1) is 16.3. The fourth-order valence-electron chi connectivity index (χ4n) is 4.04. The van der Waals surface area contributed by atoms with Crippen molar-refractivity contribution < 1.29 is 18.3 Å². The predicted molar refractivity (Wildman–Crippen MR) is 88.0 cm³/mol. The van der Waals surface area contributed by atoms with Crippen molar-refractivity contribution in [3.63, 3.8) is 0 Å². The number of hydrogen-bond donors (Lipinski definition) is 2. The van der Waals surface area contributed by atoms with E-state index in [0.29, 0.717) is 18.3 Å². The predicted octanol–water partition coefficient (Wildman–Crippen LogP) is 2.95. The maximum Gasteiger partial charge on any atom is 0.224 e. The molecular weight excluding hydrogens is 314 g/mol. The van der Waals surface area contributed by atoms with Gasteiger partial charge in [0.1, 0.15) is 5.75 Å². The first-order valence-electron chi connectivity index (χ1n) is 8.24.